The Balaban J connectivity index is 2.46. The van der Waals surface area contributed by atoms with Gasteiger partial charge in [-0.05, 0) is 18.8 Å². The van der Waals surface area contributed by atoms with Crippen LogP contribution in [0.4, 0.5) is 0 Å². The number of hydrogen-bond acceptors (Lipinski definition) is 2. The van der Waals surface area contributed by atoms with Crippen LogP contribution < -0.4 is 5.73 Å². The molecule has 0 bridgehead atoms. The molecule has 1 aliphatic rings. The van der Waals surface area contributed by atoms with Gasteiger partial charge in [-0.1, -0.05) is 26.7 Å². The van der Waals surface area contributed by atoms with Gasteiger partial charge in [-0.3, -0.25) is 4.79 Å². The summed E-state index contributed by atoms with van der Waals surface area (Å²) >= 11 is 0. The molecule has 1 aliphatic heterocycles. The van der Waals surface area contributed by atoms with Crippen molar-refractivity contribution in [1.82, 2.24) is 4.90 Å². The molecule has 1 amide bonds. The SMILES string of the molecule is CCC(CC)CN1CCCC(N)C1=O. The van der Waals surface area contributed by atoms with Gasteiger partial charge in [0.05, 0.1) is 6.04 Å². The molecule has 0 radical (unpaired) electrons. The lowest BCUT2D eigenvalue weighted by atomic mass is 9.99. The molecular formula is C11H22N2O. The molecule has 3 nitrogen and oxygen atoms in total. The van der Waals surface area contributed by atoms with Crippen molar-refractivity contribution < 1.29 is 4.79 Å². The van der Waals surface area contributed by atoms with Gasteiger partial charge in [0.15, 0.2) is 0 Å². The molecule has 2 N–H and O–H groups in total. The molecule has 14 heavy (non-hydrogen) atoms. The summed E-state index contributed by atoms with van der Waals surface area (Å²) in [5, 5.41) is 0. The van der Waals surface area contributed by atoms with Crippen molar-refractivity contribution in [1.29, 1.82) is 0 Å². The zero-order chi connectivity index (χ0) is 10.6. The molecule has 3 heteroatoms. The molecule has 1 atom stereocenters. The Morgan fingerprint density at radius 3 is 2.71 bits per heavy atom. The van der Waals surface area contributed by atoms with Gasteiger partial charge < -0.3 is 10.6 Å². The minimum absolute atomic E-state index is 0.156. The Kier molecular flexibility index (Phi) is 4.39. The first kappa shape index (κ1) is 11.5. The highest BCUT2D eigenvalue weighted by atomic mass is 16.2. The average Bonchev–Trinajstić information content (AvgIpc) is 2.20. The summed E-state index contributed by atoms with van der Waals surface area (Å²) in [4.78, 5) is 13.6. The fraction of sp³-hybridized carbons (Fsp3) is 0.909. The highest BCUT2D eigenvalue weighted by molar-refractivity contribution is 5.82. The molecular weight excluding hydrogens is 176 g/mol. The van der Waals surface area contributed by atoms with Crippen molar-refractivity contribution in [2.45, 2.75) is 45.6 Å². The topological polar surface area (TPSA) is 46.3 Å². The summed E-state index contributed by atoms with van der Waals surface area (Å²) in [5.41, 5.74) is 5.74. The zero-order valence-corrected chi connectivity index (χ0v) is 9.33. The zero-order valence-electron chi connectivity index (χ0n) is 9.33. The van der Waals surface area contributed by atoms with Gasteiger partial charge in [0.1, 0.15) is 0 Å². The van der Waals surface area contributed by atoms with Crippen LogP contribution in [0.15, 0.2) is 0 Å². The van der Waals surface area contributed by atoms with Crippen LogP contribution in [0.5, 0.6) is 0 Å². The first-order chi connectivity index (χ1) is 6.69. The number of carbonyl (C=O) groups excluding carboxylic acids is 1. The third-order valence-electron chi connectivity index (χ3n) is 3.21. The van der Waals surface area contributed by atoms with E-state index in [1.54, 1.807) is 0 Å². The molecule has 1 fully saturated rings. The number of carbonyl (C=O) groups is 1. The van der Waals surface area contributed by atoms with E-state index in [1.807, 2.05) is 4.90 Å². The normalized spacial score (nSPS) is 23.3. The predicted molar refractivity (Wildman–Crippen MR) is 57.9 cm³/mol. The number of likely N-dealkylation sites (tertiary alicyclic amines) is 1. The van der Waals surface area contributed by atoms with Crippen molar-refractivity contribution in [2.75, 3.05) is 13.1 Å². The molecule has 1 rings (SSSR count). The Hall–Kier alpha value is -0.570. The summed E-state index contributed by atoms with van der Waals surface area (Å²) in [5.74, 6) is 0.799. The molecule has 1 heterocycles. The lowest BCUT2D eigenvalue weighted by Crippen LogP contribution is -2.49. The van der Waals surface area contributed by atoms with Crippen molar-refractivity contribution in [3.63, 3.8) is 0 Å². The standard InChI is InChI=1S/C11H22N2O/c1-3-9(4-2)8-13-7-5-6-10(12)11(13)14/h9-10H,3-8,12H2,1-2H3. The fourth-order valence-corrected chi connectivity index (χ4v) is 2.01. The van der Waals surface area contributed by atoms with Crippen LogP contribution in [0.2, 0.25) is 0 Å². The molecule has 82 valence electrons. The minimum atomic E-state index is -0.238. The first-order valence-corrected chi connectivity index (χ1v) is 5.73. The van der Waals surface area contributed by atoms with E-state index in [0.717, 1.165) is 38.8 Å². The monoisotopic (exact) mass is 198 g/mol. The number of piperidine rings is 1. The van der Waals surface area contributed by atoms with Crippen LogP contribution in [0, 0.1) is 5.92 Å². The Labute approximate surface area is 86.6 Å². The summed E-state index contributed by atoms with van der Waals surface area (Å²) < 4.78 is 0. The third kappa shape index (κ3) is 2.71. The van der Waals surface area contributed by atoms with E-state index in [2.05, 4.69) is 13.8 Å². The Bertz CT molecular complexity index is 190. The molecule has 0 aromatic rings. The number of amides is 1. The van der Waals surface area contributed by atoms with Crippen molar-refractivity contribution in [3.05, 3.63) is 0 Å². The maximum atomic E-state index is 11.7. The second kappa shape index (κ2) is 5.35. The predicted octanol–water partition coefficient (Wildman–Crippen LogP) is 1.37. The van der Waals surface area contributed by atoms with Gasteiger partial charge in [-0.2, -0.15) is 0 Å². The average molecular weight is 198 g/mol. The fourth-order valence-electron chi connectivity index (χ4n) is 2.01. The van der Waals surface area contributed by atoms with Gasteiger partial charge in [-0.15, -0.1) is 0 Å². The van der Waals surface area contributed by atoms with E-state index in [0.29, 0.717) is 5.92 Å². The maximum absolute atomic E-state index is 11.7. The van der Waals surface area contributed by atoms with Gasteiger partial charge in [-0.25, -0.2) is 0 Å². The number of nitrogens with zero attached hydrogens (tertiary/aromatic N) is 1. The first-order valence-electron chi connectivity index (χ1n) is 5.73. The molecule has 0 spiro atoms. The summed E-state index contributed by atoms with van der Waals surface area (Å²) in [6, 6.07) is -0.238. The molecule has 0 saturated carbocycles. The quantitative estimate of drug-likeness (QED) is 0.741. The van der Waals surface area contributed by atoms with E-state index in [4.69, 9.17) is 5.73 Å². The summed E-state index contributed by atoms with van der Waals surface area (Å²) in [7, 11) is 0. The van der Waals surface area contributed by atoms with Gasteiger partial charge in [0.25, 0.3) is 0 Å². The van der Waals surface area contributed by atoms with Crippen LogP contribution in [0.25, 0.3) is 0 Å². The lowest BCUT2D eigenvalue weighted by molar-refractivity contribution is -0.135. The van der Waals surface area contributed by atoms with Crippen LogP contribution in [0.1, 0.15) is 39.5 Å². The van der Waals surface area contributed by atoms with Crippen molar-refractivity contribution >= 4 is 5.91 Å². The number of rotatable bonds is 4. The largest absolute Gasteiger partial charge is 0.341 e. The van der Waals surface area contributed by atoms with Gasteiger partial charge >= 0.3 is 0 Å². The van der Waals surface area contributed by atoms with E-state index in [-0.39, 0.29) is 11.9 Å². The van der Waals surface area contributed by atoms with Crippen LogP contribution in [-0.4, -0.2) is 29.9 Å². The number of hydrogen-bond donors (Lipinski definition) is 1. The highest BCUT2D eigenvalue weighted by Gasteiger charge is 2.26. The van der Waals surface area contributed by atoms with Crippen molar-refractivity contribution in [2.24, 2.45) is 11.7 Å². The molecule has 0 aromatic carbocycles. The van der Waals surface area contributed by atoms with Crippen molar-refractivity contribution in [3.8, 4) is 0 Å². The van der Waals surface area contributed by atoms with Gasteiger partial charge in [0, 0.05) is 13.1 Å². The van der Waals surface area contributed by atoms with Crippen LogP contribution in [0.3, 0.4) is 0 Å². The minimum Gasteiger partial charge on any atom is -0.341 e. The molecule has 1 saturated heterocycles. The van der Waals surface area contributed by atoms with E-state index < -0.39 is 0 Å². The summed E-state index contributed by atoms with van der Waals surface area (Å²) in [6.45, 7) is 6.17. The van der Waals surface area contributed by atoms with Gasteiger partial charge in [0.2, 0.25) is 5.91 Å². The second-order valence-corrected chi connectivity index (χ2v) is 4.22. The second-order valence-electron chi connectivity index (χ2n) is 4.22. The molecule has 0 aromatic heterocycles. The van der Waals surface area contributed by atoms with Crippen LogP contribution in [-0.2, 0) is 4.79 Å². The molecule has 0 aliphatic carbocycles. The number of nitrogens with two attached hydrogens (primary N) is 1. The van der Waals surface area contributed by atoms with Crippen LogP contribution >= 0.6 is 0 Å². The highest BCUT2D eigenvalue weighted by Crippen LogP contribution is 2.15. The Morgan fingerprint density at radius 2 is 2.14 bits per heavy atom. The smallest absolute Gasteiger partial charge is 0.239 e. The lowest BCUT2D eigenvalue weighted by Gasteiger charge is -2.32. The Morgan fingerprint density at radius 1 is 1.50 bits per heavy atom. The van der Waals surface area contributed by atoms with E-state index in [9.17, 15) is 4.79 Å². The molecule has 1 unspecified atom stereocenters. The summed E-state index contributed by atoms with van der Waals surface area (Å²) in [6.07, 6.45) is 4.22. The van der Waals surface area contributed by atoms with E-state index in [1.165, 1.54) is 0 Å². The third-order valence-corrected chi connectivity index (χ3v) is 3.21. The maximum Gasteiger partial charge on any atom is 0.239 e. The van der Waals surface area contributed by atoms with E-state index >= 15 is 0 Å².